The van der Waals surface area contributed by atoms with Gasteiger partial charge in [-0.05, 0) is 29.9 Å². The van der Waals surface area contributed by atoms with Gasteiger partial charge < -0.3 is 5.11 Å². The number of hydrogen-bond acceptors (Lipinski definition) is 1. The van der Waals surface area contributed by atoms with E-state index in [0.717, 1.165) is 17.5 Å². The van der Waals surface area contributed by atoms with Crippen LogP contribution in [0.3, 0.4) is 0 Å². The Kier molecular flexibility index (Phi) is 3.29. The Morgan fingerprint density at radius 1 is 1.44 bits per heavy atom. The summed E-state index contributed by atoms with van der Waals surface area (Å²) in [5.74, 6) is -0.324. The van der Waals surface area contributed by atoms with Crippen molar-refractivity contribution in [3.8, 4) is 0 Å². The molecular formula is C16H20O2. The molecule has 0 saturated carbocycles. The van der Waals surface area contributed by atoms with Gasteiger partial charge in [-0.2, -0.15) is 0 Å². The van der Waals surface area contributed by atoms with Gasteiger partial charge >= 0.3 is 5.97 Å². The highest BCUT2D eigenvalue weighted by Gasteiger charge is 2.46. The molecule has 0 radical (unpaired) electrons. The molecular weight excluding hydrogens is 224 g/mol. The molecule has 0 aliphatic heterocycles. The number of fused-ring (bicyclic) bond motifs is 1. The van der Waals surface area contributed by atoms with Crippen LogP contribution >= 0.6 is 0 Å². The summed E-state index contributed by atoms with van der Waals surface area (Å²) in [6.07, 6.45) is 5.13. The molecule has 0 bridgehead atoms. The fraction of sp³-hybridized carbons (Fsp3) is 0.438. The van der Waals surface area contributed by atoms with Crippen molar-refractivity contribution in [1.82, 2.24) is 0 Å². The molecule has 2 heteroatoms. The van der Waals surface area contributed by atoms with Crippen LogP contribution in [0.2, 0.25) is 0 Å². The maximum atomic E-state index is 11.8. The van der Waals surface area contributed by atoms with Crippen LogP contribution in [0.15, 0.2) is 30.3 Å². The van der Waals surface area contributed by atoms with Crippen molar-refractivity contribution in [1.29, 1.82) is 0 Å². The summed E-state index contributed by atoms with van der Waals surface area (Å²) in [5, 5.41) is 9.73. The summed E-state index contributed by atoms with van der Waals surface area (Å²) in [4.78, 5) is 11.8. The fourth-order valence-electron chi connectivity index (χ4n) is 2.97. The van der Waals surface area contributed by atoms with Gasteiger partial charge in [0.25, 0.3) is 0 Å². The zero-order chi connectivity index (χ0) is 13.3. The molecule has 1 aliphatic rings. The smallest absolute Gasteiger partial charge is 0.314 e. The monoisotopic (exact) mass is 244 g/mol. The molecule has 0 heterocycles. The summed E-state index contributed by atoms with van der Waals surface area (Å²) in [7, 11) is 0. The number of carboxylic acids is 1. The predicted molar refractivity (Wildman–Crippen MR) is 73.4 cm³/mol. The van der Waals surface area contributed by atoms with Gasteiger partial charge in [-0.1, -0.05) is 56.7 Å². The van der Waals surface area contributed by atoms with Gasteiger partial charge in [0.1, 0.15) is 0 Å². The lowest BCUT2D eigenvalue weighted by Gasteiger charge is -2.39. The predicted octanol–water partition coefficient (Wildman–Crippen LogP) is 3.72. The molecule has 1 aliphatic carbocycles. The molecule has 96 valence electrons. The van der Waals surface area contributed by atoms with E-state index in [0.29, 0.717) is 5.92 Å². The Labute approximate surface area is 108 Å². The number of carbonyl (C=O) groups is 1. The molecule has 2 nitrogen and oxygen atoms in total. The third-order valence-corrected chi connectivity index (χ3v) is 4.37. The molecule has 2 rings (SSSR count). The molecule has 18 heavy (non-hydrogen) atoms. The average Bonchev–Trinajstić information content (AvgIpc) is 2.38. The molecule has 0 saturated heterocycles. The lowest BCUT2D eigenvalue weighted by Crippen LogP contribution is -2.44. The number of hydrogen-bond donors (Lipinski definition) is 1. The van der Waals surface area contributed by atoms with E-state index in [1.807, 2.05) is 31.2 Å². The molecule has 0 aromatic heterocycles. The Morgan fingerprint density at radius 2 is 2.11 bits per heavy atom. The minimum Gasteiger partial charge on any atom is -0.481 e. The standard InChI is InChI=1S/C16H20O2/c1-4-11(2)13-10-9-12-7-5-6-8-14(12)16(13,3)15(17)18/h5-11,13H,4H2,1-3H3,(H,17,18)/t11-,13+,16-/m0/s1. The molecule has 3 atom stereocenters. The maximum absolute atomic E-state index is 11.8. The highest BCUT2D eigenvalue weighted by atomic mass is 16.4. The van der Waals surface area contributed by atoms with Gasteiger partial charge in [0, 0.05) is 0 Å². The average molecular weight is 244 g/mol. The molecule has 1 N–H and O–H groups in total. The van der Waals surface area contributed by atoms with Gasteiger partial charge in [-0.15, -0.1) is 0 Å². The molecule has 1 aromatic rings. The first-order valence-corrected chi connectivity index (χ1v) is 6.53. The fourth-order valence-corrected chi connectivity index (χ4v) is 2.97. The van der Waals surface area contributed by atoms with Crippen LogP contribution in [0, 0.1) is 11.8 Å². The van der Waals surface area contributed by atoms with E-state index in [2.05, 4.69) is 26.0 Å². The number of allylic oxidation sites excluding steroid dienone is 1. The molecule has 0 amide bonds. The van der Waals surface area contributed by atoms with Crippen LogP contribution < -0.4 is 0 Å². The Bertz CT molecular complexity index is 490. The Balaban J connectivity index is 2.59. The first-order valence-electron chi connectivity index (χ1n) is 6.53. The third kappa shape index (κ3) is 1.76. The van der Waals surface area contributed by atoms with Crippen LogP contribution in [0.4, 0.5) is 0 Å². The first-order chi connectivity index (χ1) is 8.51. The van der Waals surface area contributed by atoms with Crippen LogP contribution in [0.25, 0.3) is 6.08 Å². The quantitative estimate of drug-likeness (QED) is 0.880. The van der Waals surface area contributed by atoms with Crippen molar-refractivity contribution in [2.24, 2.45) is 11.8 Å². The van der Waals surface area contributed by atoms with Gasteiger partial charge in [-0.3, -0.25) is 4.79 Å². The summed E-state index contributed by atoms with van der Waals surface area (Å²) in [6.45, 7) is 6.10. The Hall–Kier alpha value is -1.57. The van der Waals surface area contributed by atoms with Crippen molar-refractivity contribution < 1.29 is 9.90 Å². The normalized spacial score (nSPS) is 27.6. The van der Waals surface area contributed by atoms with Gasteiger partial charge in [0.2, 0.25) is 0 Å². The maximum Gasteiger partial charge on any atom is 0.314 e. The van der Waals surface area contributed by atoms with Crippen molar-refractivity contribution in [3.05, 3.63) is 41.5 Å². The molecule has 0 spiro atoms. The molecule has 1 aromatic carbocycles. The van der Waals surface area contributed by atoms with Gasteiger partial charge in [0.05, 0.1) is 5.41 Å². The second kappa shape index (κ2) is 4.60. The summed E-state index contributed by atoms with van der Waals surface area (Å²) in [5.41, 5.74) is 1.15. The summed E-state index contributed by atoms with van der Waals surface area (Å²) >= 11 is 0. The van der Waals surface area contributed by atoms with E-state index in [1.54, 1.807) is 0 Å². The van der Waals surface area contributed by atoms with Gasteiger partial charge in [-0.25, -0.2) is 0 Å². The zero-order valence-corrected chi connectivity index (χ0v) is 11.2. The highest BCUT2D eigenvalue weighted by molar-refractivity contribution is 5.85. The number of benzene rings is 1. The van der Waals surface area contributed by atoms with Gasteiger partial charge in [0.15, 0.2) is 0 Å². The van der Waals surface area contributed by atoms with Crippen molar-refractivity contribution in [2.45, 2.75) is 32.6 Å². The minimum atomic E-state index is -0.819. The SMILES string of the molecule is CC[C@H](C)[C@H]1C=Cc2ccccc2[C@@]1(C)C(=O)O. The van der Waals surface area contributed by atoms with E-state index in [-0.39, 0.29) is 5.92 Å². The highest BCUT2D eigenvalue weighted by Crippen LogP contribution is 2.44. The number of aliphatic carboxylic acids is 1. The van der Waals surface area contributed by atoms with E-state index in [9.17, 15) is 9.90 Å². The molecule has 0 fully saturated rings. The van der Waals surface area contributed by atoms with Crippen molar-refractivity contribution in [2.75, 3.05) is 0 Å². The number of rotatable bonds is 3. The minimum absolute atomic E-state index is 0.0508. The topological polar surface area (TPSA) is 37.3 Å². The lowest BCUT2D eigenvalue weighted by atomic mass is 9.63. The first kappa shape index (κ1) is 12.9. The molecule has 0 unspecified atom stereocenters. The van der Waals surface area contributed by atoms with E-state index in [4.69, 9.17) is 0 Å². The summed E-state index contributed by atoms with van der Waals surface area (Å²) in [6, 6.07) is 7.81. The van der Waals surface area contributed by atoms with Crippen molar-refractivity contribution >= 4 is 12.0 Å². The van der Waals surface area contributed by atoms with Crippen LogP contribution in [-0.4, -0.2) is 11.1 Å². The van der Waals surface area contributed by atoms with Crippen LogP contribution in [-0.2, 0) is 10.2 Å². The zero-order valence-electron chi connectivity index (χ0n) is 11.2. The lowest BCUT2D eigenvalue weighted by molar-refractivity contribution is -0.145. The third-order valence-electron chi connectivity index (χ3n) is 4.37. The van der Waals surface area contributed by atoms with Crippen LogP contribution in [0.5, 0.6) is 0 Å². The Morgan fingerprint density at radius 3 is 2.72 bits per heavy atom. The van der Waals surface area contributed by atoms with E-state index >= 15 is 0 Å². The van der Waals surface area contributed by atoms with Crippen LogP contribution in [0.1, 0.15) is 38.3 Å². The second-order valence-electron chi connectivity index (χ2n) is 5.37. The largest absolute Gasteiger partial charge is 0.481 e. The van der Waals surface area contributed by atoms with E-state index < -0.39 is 11.4 Å². The van der Waals surface area contributed by atoms with Crippen molar-refractivity contribution in [3.63, 3.8) is 0 Å². The van der Waals surface area contributed by atoms with E-state index in [1.165, 1.54) is 0 Å². The summed E-state index contributed by atoms with van der Waals surface area (Å²) < 4.78 is 0. The second-order valence-corrected chi connectivity index (χ2v) is 5.37. The number of carboxylic acid groups (broad SMARTS) is 1.